The molecule has 0 bridgehead atoms. The lowest BCUT2D eigenvalue weighted by atomic mass is 9.88. The van der Waals surface area contributed by atoms with Crippen molar-refractivity contribution in [1.82, 2.24) is 19.4 Å². The quantitative estimate of drug-likeness (QED) is 0.274. The summed E-state index contributed by atoms with van der Waals surface area (Å²) in [7, 11) is 0. The van der Waals surface area contributed by atoms with E-state index in [1.165, 1.54) is 10.1 Å². The van der Waals surface area contributed by atoms with Crippen molar-refractivity contribution in [2.75, 3.05) is 19.7 Å². The third-order valence-corrected chi connectivity index (χ3v) is 7.57. The van der Waals surface area contributed by atoms with Crippen molar-refractivity contribution in [3.63, 3.8) is 0 Å². The van der Waals surface area contributed by atoms with Crippen molar-refractivity contribution < 1.29 is 4.74 Å². The summed E-state index contributed by atoms with van der Waals surface area (Å²) in [5.41, 5.74) is 3.80. The third-order valence-electron chi connectivity index (χ3n) is 7.57. The zero-order chi connectivity index (χ0) is 26.7. The summed E-state index contributed by atoms with van der Waals surface area (Å²) in [6, 6.07) is 29.9. The molecule has 1 aliphatic rings. The van der Waals surface area contributed by atoms with Crippen molar-refractivity contribution in [3.8, 4) is 11.1 Å². The van der Waals surface area contributed by atoms with Gasteiger partial charge in [0.1, 0.15) is 5.60 Å². The number of halogens is 2. The highest BCUT2D eigenvalue weighted by molar-refractivity contribution is 5.85. The zero-order valence-corrected chi connectivity index (χ0v) is 24.1. The molecule has 0 saturated carbocycles. The molecule has 3 heterocycles. The lowest BCUT2D eigenvalue weighted by molar-refractivity contribution is -0.123. The normalized spacial score (nSPS) is 17.0. The molecule has 1 aliphatic heterocycles. The predicted octanol–water partition coefficient (Wildman–Crippen LogP) is 5.41. The van der Waals surface area contributed by atoms with Gasteiger partial charge in [0, 0.05) is 45.0 Å². The van der Waals surface area contributed by atoms with Crippen LogP contribution in [-0.2, 0) is 23.4 Å². The number of hydrogen-bond acceptors (Lipinski definition) is 5. The van der Waals surface area contributed by atoms with Gasteiger partial charge in [0.2, 0.25) is 0 Å². The number of fused-ring (bicyclic) bond motifs is 1. The molecule has 1 fully saturated rings. The molecular weight excluding hydrogens is 559 g/mol. The Morgan fingerprint density at radius 3 is 2.27 bits per heavy atom. The summed E-state index contributed by atoms with van der Waals surface area (Å²) in [6.07, 6.45) is 4.11. The number of morpholine rings is 1. The molecule has 212 valence electrons. The van der Waals surface area contributed by atoms with E-state index in [2.05, 4.69) is 51.3 Å². The first kappa shape index (κ1) is 30.2. The lowest BCUT2D eigenvalue weighted by Crippen LogP contribution is -2.50. The SMILES string of the molecule is Cl.Cl.O=c1[nH]c2ccccc2c(=O)n1CC[C@@]1(c2ccccc2)CN(Cc2ccc(-c3ccncc3)cc2)CCO1. The van der Waals surface area contributed by atoms with Crippen LogP contribution in [0.1, 0.15) is 17.5 Å². The van der Waals surface area contributed by atoms with Gasteiger partial charge in [0.25, 0.3) is 5.56 Å². The largest absolute Gasteiger partial charge is 0.368 e. The maximum absolute atomic E-state index is 13.2. The summed E-state index contributed by atoms with van der Waals surface area (Å²) < 4.78 is 7.81. The standard InChI is InChI=1S/C32H30N4O3.2ClH/c37-30-28-8-4-5-9-29(28)34-31(38)36(30)19-16-32(27-6-2-1-3-7-27)23-35(20-21-39-32)22-24-10-12-25(13-11-24)26-14-17-33-18-15-26;;/h1-15,17-18H,16,19-23H2,(H,34,38);2*1H/t32-;;/m0../s1. The number of nitrogens with zero attached hydrogens (tertiary/aromatic N) is 3. The van der Waals surface area contributed by atoms with Crippen molar-refractivity contribution in [3.05, 3.63) is 135 Å². The molecule has 3 aromatic carbocycles. The van der Waals surface area contributed by atoms with Crippen molar-refractivity contribution in [2.24, 2.45) is 0 Å². The Morgan fingerprint density at radius 1 is 0.829 bits per heavy atom. The van der Waals surface area contributed by atoms with Crippen LogP contribution in [0, 0.1) is 0 Å². The van der Waals surface area contributed by atoms with Crippen LogP contribution in [0.3, 0.4) is 0 Å². The minimum atomic E-state index is -0.645. The molecule has 6 rings (SSSR count). The van der Waals surface area contributed by atoms with E-state index in [0.29, 0.717) is 30.5 Å². The molecule has 1 atom stereocenters. The third kappa shape index (κ3) is 6.44. The van der Waals surface area contributed by atoms with Crippen molar-refractivity contribution in [2.45, 2.75) is 25.1 Å². The van der Waals surface area contributed by atoms with Crippen LogP contribution in [0.2, 0.25) is 0 Å². The van der Waals surface area contributed by atoms with Crippen molar-refractivity contribution in [1.29, 1.82) is 0 Å². The van der Waals surface area contributed by atoms with Crippen LogP contribution in [0.5, 0.6) is 0 Å². The second-order valence-corrected chi connectivity index (χ2v) is 10.0. The summed E-state index contributed by atoms with van der Waals surface area (Å²) in [6.45, 7) is 3.06. The van der Waals surface area contributed by atoms with Crippen LogP contribution in [0.25, 0.3) is 22.0 Å². The van der Waals surface area contributed by atoms with Gasteiger partial charge in [-0.3, -0.25) is 19.2 Å². The van der Waals surface area contributed by atoms with E-state index in [1.54, 1.807) is 24.5 Å². The van der Waals surface area contributed by atoms with Gasteiger partial charge in [-0.1, -0.05) is 66.7 Å². The summed E-state index contributed by atoms with van der Waals surface area (Å²) >= 11 is 0. The van der Waals surface area contributed by atoms with Gasteiger partial charge in [-0.15, -0.1) is 24.8 Å². The molecular formula is C32H32Cl2N4O3. The number of H-pyrrole nitrogens is 1. The first-order chi connectivity index (χ1) is 19.1. The minimum absolute atomic E-state index is 0. The lowest BCUT2D eigenvalue weighted by Gasteiger charge is -2.43. The Hall–Kier alpha value is -3.75. The van der Waals surface area contributed by atoms with E-state index in [-0.39, 0.29) is 36.9 Å². The molecule has 0 spiro atoms. The molecule has 2 aromatic heterocycles. The molecule has 0 aliphatic carbocycles. The molecule has 0 amide bonds. The highest BCUT2D eigenvalue weighted by Gasteiger charge is 2.38. The highest BCUT2D eigenvalue weighted by Crippen LogP contribution is 2.34. The predicted molar refractivity (Wildman–Crippen MR) is 167 cm³/mol. The van der Waals surface area contributed by atoms with Gasteiger partial charge < -0.3 is 9.72 Å². The minimum Gasteiger partial charge on any atom is -0.368 e. The topological polar surface area (TPSA) is 80.2 Å². The number of benzene rings is 3. The van der Waals surface area contributed by atoms with E-state index in [4.69, 9.17) is 4.74 Å². The van der Waals surface area contributed by atoms with Crippen LogP contribution >= 0.6 is 24.8 Å². The Balaban J connectivity index is 0.00000194. The number of hydrogen-bond donors (Lipinski definition) is 1. The number of aromatic nitrogens is 3. The number of rotatable bonds is 7. The Kier molecular flexibility index (Phi) is 9.78. The van der Waals surface area contributed by atoms with Crippen LogP contribution in [0.15, 0.2) is 113 Å². The van der Waals surface area contributed by atoms with Crippen LogP contribution in [-0.4, -0.2) is 39.1 Å². The highest BCUT2D eigenvalue weighted by atomic mass is 35.5. The fraction of sp³-hybridized carbons (Fsp3) is 0.219. The van der Waals surface area contributed by atoms with Crippen molar-refractivity contribution >= 4 is 35.7 Å². The average Bonchev–Trinajstić information content (AvgIpc) is 2.98. The molecule has 5 aromatic rings. The summed E-state index contributed by atoms with van der Waals surface area (Å²) in [4.78, 5) is 35.4. The van der Waals surface area contributed by atoms with E-state index in [9.17, 15) is 9.59 Å². The van der Waals surface area contributed by atoms with E-state index < -0.39 is 11.3 Å². The van der Waals surface area contributed by atoms with Gasteiger partial charge in [-0.25, -0.2) is 4.79 Å². The maximum Gasteiger partial charge on any atom is 0.328 e. The first-order valence-electron chi connectivity index (χ1n) is 13.2. The summed E-state index contributed by atoms with van der Waals surface area (Å²) in [5, 5.41) is 0.507. The molecule has 41 heavy (non-hydrogen) atoms. The number of pyridine rings is 1. The fourth-order valence-corrected chi connectivity index (χ4v) is 5.50. The maximum atomic E-state index is 13.2. The van der Waals surface area contributed by atoms with E-state index in [1.807, 2.05) is 42.5 Å². The number of ether oxygens (including phenoxy) is 1. The molecule has 0 radical (unpaired) electrons. The van der Waals surface area contributed by atoms with Crippen LogP contribution < -0.4 is 11.2 Å². The average molecular weight is 592 g/mol. The molecule has 7 nitrogen and oxygen atoms in total. The second-order valence-electron chi connectivity index (χ2n) is 10.0. The number of para-hydroxylation sites is 1. The first-order valence-corrected chi connectivity index (χ1v) is 13.2. The number of nitrogens with one attached hydrogen (secondary N) is 1. The Morgan fingerprint density at radius 2 is 1.51 bits per heavy atom. The Bertz CT molecular complexity index is 1690. The van der Waals surface area contributed by atoms with Gasteiger partial charge >= 0.3 is 5.69 Å². The molecule has 1 N–H and O–H groups in total. The number of aromatic amines is 1. The molecule has 0 unspecified atom stereocenters. The van der Waals surface area contributed by atoms with Gasteiger partial charge in [-0.2, -0.15) is 0 Å². The Labute approximate surface area is 250 Å². The molecule has 1 saturated heterocycles. The van der Waals surface area contributed by atoms with E-state index >= 15 is 0 Å². The second kappa shape index (κ2) is 13.3. The van der Waals surface area contributed by atoms with Gasteiger partial charge in [0.15, 0.2) is 0 Å². The zero-order valence-electron chi connectivity index (χ0n) is 22.4. The fourth-order valence-electron chi connectivity index (χ4n) is 5.50. The smallest absolute Gasteiger partial charge is 0.328 e. The van der Waals surface area contributed by atoms with Gasteiger partial charge in [-0.05, 0) is 46.5 Å². The molecule has 9 heteroatoms. The van der Waals surface area contributed by atoms with Crippen LogP contribution in [0.4, 0.5) is 0 Å². The summed E-state index contributed by atoms with van der Waals surface area (Å²) in [5.74, 6) is 0. The van der Waals surface area contributed by atoms with Gasteiger partial charge in [0.05, 0.1) is 17.5 Å². The van der Waals surface area contributed by atoms with E-state index in [0.717, 1.165) is 29.8 Å². The monoisotopic (exact) mass is 590 g/mol.